The topological polar surface area (TPSA) is 37.8 Å². The minimum absolute atomic E-state index is 0.0511. The third-order valence-corrected chi connectivity index (χ3v) is 3.87. The number of fused-ring (bicyclic) bond motifs is 1. The minimum atomic E-state index is -0.0511. The van der Waals surface area contributed by atoms with Crippen LogP contribution in [0.25, 0.3) is 0 Å². The summed E-state index contributed by atoms with van der Waals surface area (Å²) in [6, 6.07) is 0. The van der Waals surface area contributed by atoms with Crippen LogP contribution in [0.5, 0.6) is 0 Å². The van der Waals surface area contributed by atoms with Gasteiger partial charge in [-0.15, -0.1) is 0 Å². The number of nitrogens with one attached hydrogen (secondary N) is 1. The van der Waals surface area contributed by atoms with E-state index >= 15 is 0 Å². The first kappa shape index (κ1) is 15.6. The fraction of sp³-hybridized carbons (Fsp3) is 0.750. The van der Waals surface area contributed by atoms with Gasteiger partial charge in [0.05, 0.1) is 5.69 Å². The Morgan fingerprint density at radius 2 is 1.70 bits per heavy atom. The Kier molecular flexibility index (Phi) is 4.29. The first-order valence-corrected chi connectivity index (χ1v) is 7.88. The maximum Gasteiger partial charge on any atom is 0.224 e. The minimum Gasteiger partial charge on any atom is -0.349 e. The number of anilines is 1. The molecule has 0 radical (unpaired) electrons. The number of nitrogens with zero attached hydrogens (tertiary/aromatic N) is 2. The van der Waals surface area contributed by atoms with Gasteiger partial charge in [-0.25, -0.2) is 9.97 Å². The van der Waals surface area contributed by atoms with Gasteiger partial charge >= 0.3 is 0 Å². The summed E-state index contributed by atoms with van der Waals surface area (Å²) in [5.74, 6) is 0.671. The zero-order valence-corrected chi connectivity index (χ0v) is 14.1. The van der Waals surface area contributed by atoms with Crippen molar-refractivity contribution in [3.05, 3.63) is 16.4 Å². The molecule has 1 aliphatic carbocycles. The molecule has 0 amide bonds. The molecule has 112 valence electrons. The maximum absolute atomic E-state index is 6.32. The molecule has 0 spiro atoms. The van der Waals surface area contributed by atoms with Crippen LogP contribution in [0.4, 0.5) is 5.95 Å². The van der Waals surface area contributed by atoms with Crippen LogP contribution in [0, 0.1) is 5.41 Å². The zero-order valence-electron chi connectivity index (χ0n) is 13.3. The van der Waals surface area contributed by atoms with Crippen LogP contribution in [0.2, 0.25) is 5.15 Å². The number of aromatic nitrogens is 2. The predicted molar refractivity (Wildman–Crippen MR) is 85.5 cm³/mol. The molecule has 0 saturated heterocycles. The molecule has 4 heteroatoms. The summed E-state index contributed by atoms with van der Waals surface area (Å²) in [5, 5.41) is 4.09. The van der Waals surface area contributed by atoms with Crippen molar-refractivity contribution in [3.63, 3.8) is 0 Å². The Labute approximate surface area is 127 Å². The number of hydrogen-bond acceptors (Lipinski definition) is 3. The lowest BCUT2D eigenvalue weighted by Crippen LogP contribution is -2.36. The second-order valence-electron chi connectivity index (χ2n) is 7.72. The van der Waals surface area contributed by atoms with E-state index in [0.29, 0.717) is 11.1 Å². The number of hydrogen-bond donors (Lipinski definition) is 1. The van der Waals surface area contributed by atoms with Crippen LogP contribution < -0.4 is 5.32 Å². The largest absolute Gasteiger partial charge is 0.349 e. The summed E-state index contributed by atoms with van der Waals surface area (Å²) >= 11 is 6.32. The molecule has 0 atom stereocenters. The molecular formula is C16H26ClN3. The van der Waals surface area contributed by atoms with Gasteiger partial charge in [0.15, 0.2) is 0 Å². The Morgan fingerprint density at radius 1 is 1.05 bits per heavy atom. The van der Waals surface area contributed by atoms with Crippen molar-refractivity contribution in [2.24, 2.45) is 5.41 Å². The van der Waals surface area contributed by atoms with E-state index in [2.05, 4.69) is 49.9 Å². The highest BCUT2D eigenvalue weighted by molar-refractivity contribution is 6.30. The van der Waals surface area contributed by atoms with E-state index in [0.717, 1.165) is 30.5 Å². The summed E-state index contributed by atoms with van der Waals surface area (Å²) in [6.45, 7) is 11.1. The monoisotopic (exact) mass is 295 g/mol. The van der Waals surface area contributed by atoms with Gasteiger partial charge in [-0.1, -0.05) is 32.4 Å². The van der Waals surface area contributed by atoms with Gasteiger partial charge in [0.25, 0.3) is 0 Å². The summed E-state index contributed by atoms with van der Waals surface area (Å²) < 4.78 is 0. The highest BCUT2D eigenvalue weighted by Gasteiger charge is 2.27. The Balaban J connectivity index is 2.19. The van der Waals surface area contributed by atoms with Crippen molar-refractivity contribution < 1.29 is 0 Å². The molecule has 1 aromatic heterocycles. The Hall–Kier alpha value is -0.830. The first-order chi connectivity index (χ1) is 9.16. The van der Waals surface area contributed by atoms with E-state index in [-0.39, 0.29) is 11.0 Å². The van der Waals surface area contributed by atoms with Crippen LogP contribution in [0.3, 0.4) is 0 Å². The van der Waals surface area contributed by atoms with Crippen molar-refractivity contribution in [1.82, 2.24) is 9.97 Å². The SMILES string of the molecule is CC(C)(C)CC(C)(C)Nc1nc(Cl)c2c(n1)CCCC2. The molecule has 0 unspecified atom stereocenters. The fourth-order valence-corrected chi connectivity index (χ4v) is 3.56. The number of halogens is 1. The lowest BCUT2D eigenvalue weighted by atomic mass is 9.82. The van der Waals surface area contributed by atoms with Gasteiger partial charge in [-0.3, -0.25) is 0 Å². The van der Waals surface area contributed by atoms with Crippen molar-refractivity contribution in [2.45, 2.75) is 72.3 Å². The normalized spacial score (nSPS) is 15.9. The third-order valence-electron chi connectivity index (χ3n) is 3.56. The molecular weight excluding hydrogens is 270 g/mol. The van der Waals surface area contributed by atoms with E-state index in [1.54, 1.807) is 0 Å². The summed E-state index contributed by atoms with van der Waals surface area (Å²) in [6.07, 6.45) is 5.47. The van der Waals surface area contributed by atoms with E-state index in [4.69, 9.17) is 11.6 Å². The lowest BCUT2D eigenvalue weighted by molar-refractivity contribution is 0.301. The van der Waals surface area contributed by atoms with Crippen molar-refractivity contribution in [2.75, 3.05) is 5.32 Å². The number of rotatable bonds is 3. The Morgan fingerprint density at radius 3 is 2.35 bits per heavy atom. The molecule has 1 heterocycles. The third kappa shape index (κ3) is 4.08. The summed E-state index contributed by atoms with van der Waals surface area (Å²) in [5.41, 5.74) is 2.49. The van der Waals surface area contributed by atoms with E-state index in [9.17, 15) is 0 Å². The number of aryl methyl sites for hydroxylation is 1. The molecule has 0 bridgehead atoms. The van der Waals surface area contributed by atoms with Crippen LogP contribution in [0.15, 0.2) is 0 Å². The molecule has 3 nitrogen and oxygen atoms in total. The maximum atomic E-state index is 6.32. The van der Waals surface area contributed by atoms with Gasteiger partial charge in [0.2, 0.25) is 5.95 Å². The second-order valence-corrected chi connectivity index (χ2v) is 8.07. The Bertz CT molecular complexity index is 489. The molecule has 1 aliphatic rings. The van der Waals surface area contributed by atoms with Crippen molar-refractivity contribution >= 4 is 17.5 Å². The van der Waals surface area contributed by atoms with Crippen LogP contribution in [-0.4, -0.2) is 15.5 Å². The lowest BCUT2D eigenvalue weighted by Gasteiger charge is -2.33. The van der Waals surface area contributed by atoms with Crippen molar-refractivity contribution in [3.8, 4) is 0 Å². The molecule has 0 aliphatic heterocycles. The van der Waals surface area contributed by atoms with E-state index in [1.165, 1.54) is 12.8 Å². The van der Waals surface area contributed by atoms with Gasteiger partial charge in [0, 0.05) is 11.1 Å². The fourth-order valence-electron chi connectivity index (χ4n) is 3.28. The van der Waals surface area contributed by atoms with E-state index < -0.39 is 0 Å². The first-order valence-electron chi connectivity index (χ1n) is 7.50. The molecule has 20 heavy (non-hydrogen) atoms. The van der Waals surface area contributed by atoms with Crippen molar-refractivity contribution in [1.29, 1.82) is 0 Å². The van der Waals surface area contributed by atoms with Gasteiger partial charge in [0.1, 0.15) is 5.15 Å². The molecule has 0 fully saturated rings. The summed E-state index contributed by atoms with van der Waals surface area (Å²) in [4.78, 5) is 9.13. The standard InChI is InChI=1S/C16H26ClN3/c1-15(2,3)10-16(4,5)20-14-18-12-9-7-6-8-11(12)13(17)19-14/h6-10H2,1-5H3,(H,18,19,20). The van der Waals surface area contributed by atoms with Gasteiger partial charge in [-0.05, 0) is 51.4 Å². The van der Waals surface area contributed by atoms with Crippen LogP contribution >= 0.6 is 11.6 Å². The predicted octanol–water partition coefficient (Wildman–Crippen LogP) is 4.64. The molecule has 0 saturated carbocycles. The van der Waals surface area contributed by atoms with Gasteiger partial charge < -0.3 is 5.32 Å². The smallest absolute Gasteiger partial charge is 0.224 e. The molecule has 1 N–H and O–H groups in total. The molecule has 0 aromatic carbocycles. The summed E-state index contributed by atoms with van der Waals surface area (Å²) in [7, 11) is 0. The van der Waals surface area contributed by atoms with E-state index in [1.807, 2.05) is 0 Å². The zero-order chi connectivity index (χ0) is 15.0. The van der Waals surface area contributed by atoms with Crippen LogP contribution in [-0.2, 0) is 12.8 Å². The molecule has 2 rings (SSSR count). The average molecular weight is 296 g/mol. The van der Waals surface area contributed by atoms with Crippen LogP contribution in [0.1, 0.15) is 65.1 Å². The highest BCUT2D eigenvalue weighted by atomic mass is 35.5. The quantitative estimate of drug-likeness (QED) is 0.826. The second kappa shape index (κ2) is 5.51. The highest BCUT2D eigenvalue weighted by Crippen LogP contribution is 2.31. The van der Waals surface area contributed by atoms with Gasteiger partial charge in [-0.2, -0.15) is 0 Å². The average Bonchev–Trinajstić information content (AvgIpc) is 2.24. The molecule has 1 aromatic rings.